The quantitative estimate of drug-likeness (QED) is 0.884. The summed E-state index contributed by atoms with van der Waals surface area (Å²) in [6.45, 7) is 2.03. The molecule has 126 valence electrons. The molecule has 2 aromatic rings. The molecule has 1 aliphatic heterocycles. The monoisotopic (exact) mass is 326 g/mol. The van der Waals surface area contributed by atoms with Gasteiger partial charge in [0.1, 0.15) is 13.2 Å². The molecule has 0 amide bonds. The minimum absolute atomic E-state index is 0.336. The number of nitrogens with one attached hydrogen (secondary N) is 1. The largest absolute Gasteiger partial charge is 0.486 e. The molecule has 1 aliphatic carbocycles. The Balaban J connectivity index is 1.48. The summed E-state index contributed by atoms with van der Waals surface area (Å²) >= 11 is 0. The highest BCUT2D eigenvalue weighted by Gasteiger charge is 2.32. The maximum atomic E-state index is 5.73. The van der Waals surface area contributed by atoms with Crippen molar-refractivity contribution in [2.75, 3.05) is 20.3 Å². The third-order valence-electron chi connectivity index (χ3n) is 4.55. The van der Waals surface area contributed by atoms with Gasteiger partial charge in [-0.25, -0.2) is 4.98 Å². The third kappa shape index (κ3) is 3.31. The van der Waals surface area contributed by atoms with E-state index in [9.17, 15) is 0 Å². The van der Waals surface area contributed by atoms with Crippen LogP contribution in [0.25, 0.3) is 0 Å². The Labute approximate surface area is 142 Å². The van der Waals surface area contributed by atoms with E-state index in [0.717, 1.165) is 23.6 Å². The van der Waals surface area contributed by atoms with Gasteiger partial charge >= 0.3 is 0 Å². The predicted molar refractivity (Wildman–Crippen MR) is 90.5 cm³/mol. The number of ether oxygens (including phenoxy) is 3. The first-order valence-electron chi connectivity index (χ1n) is 8.45. The zero-order valence-electron chi connectivity index (χ0n) is 13.8. The van der Waals surface area contributed by atoms with Gasteiger partial charge in [-0.1, -0.05) is 12.1 Å². The molecule has 24 heavy (non-hydrogen) atoms. The molecule has 0 saturated heterocycles. The summed E-state index contributed by atoms with van der Waals surface area (Å²) in [5.74, 6) is 3.04. The van der Waals surface area contributed by atoms with Gasteiger partial charge in [-0.2, -0.15) is 0 Å². The molecule has 1 saturated carbocycles. The van der Waals surface area contributed by atoms with E-state index in [1.807, 2.05) is 24.4 Å². The van der Waals surface area contributed by atoms with Crippen LogP contribution in [-0.4, -0.2) is 25.3 Å². The van der Waals surface area contributed by atoms with Gasteiger partial charge < -0.3 is 19.5 Å². The molecule has 4 rings (SSSR count). The number of hydrogen-bond acceptors (Lipinski definition) is 5. The maximum absolute atomic E-state index is 5.73. The average Bonchev–Trinajstić information content (AvgIpc) is 3.47. The third-order valence-corrected chi connectivity index (χ3v) is 4.55. The lowest BCUT2D eigenvalue weighted by Gasteiger charge is -2.23. The average molecular weight is 326 g/mol. The summed E-state index contributed by atoms with van der Waals surface area (Å²) in [5.41, 5.74) is 2.42. The summed E-state index contributed by atoms with van der Waals surface area (Å²) in [6.07, 6.45) is 4.40. The van der Waals surface area contributed by atoms with Gasteiger partial charge in [0, 0.05) is 24.8 Å². The van der Waals surface area contributed by atoms with Crippen molar-refractivity contribution in [2.24, 2.45) is 5.92 Å². The van der Waals surface area contributed by atoms with Crippen molar-refractivity contribution in [3.8, 4) is 17.4 Å². The summed E-state index contributed by atoms with van der Waals surface area (Å²) in [6, 6.07) is 10.6. The highest BCUT2D eigenvalue weighted by Crippen LogP contribution is 2.43. The van der Waals surface area contributed by atoms with Crippen LogP contribution in [0.2, 0.25) is 0 Å². The number of aromatic nitrogens is 1. The number of benzene rings is 1. The molecule has 0 bridgehead atoms. The molecular weight excluding hydrogens is 304 g/mol. The van der Waals surface area contributed by atoms with Crippen molar-refractivity contribution < 1.29 is 14.2 Å². The van der Waals surface area contributed by atoms with Crippen LogP contribution < -0.4 is 19.5 Å². The van der Waals surface area contributed by atoms with Gasteiger partial charge in [0.05, 0.1) is 7.11 Å². The second kappa shape index (κ2) is 6.69. The van der Waals surface area contributed by atoms with E-state index in [0.29, 0.717) is 31.1 Å². The molecule has 1 atom stereocenters. The standard InChI is InChI=1S/C19H22N2O3/c1-22-18-7-2-13(11-20-18)12-21-19(14-3-4-14)15-5-6-16-17(10-15)24-9-8-23-16/h2,5-7,10-11,14,19,21H,3-4,8-9,12H2,1H3/t19-/m1/s1. The molecule has 5 heteroatoms. The first-order valence-corrected chi connectivity index (χ1v) is 8.45. The van der Waals surface area contributed by atoms with Crippen LogP contribution in [-0.2, 0) is 6.54 Å². The second-order valence-electron chi connectivity index (χ2n) is 6.31. The van der Waals surface area contributed by atoms with Gasteiger partial charge in [0.25, 0.3) is 0 Å². The van der Waals surface area contributed by atoms with Gasteiger partial charge in [0.15, 0.2) is 11.5 Å². The van der Waals surface area contributed by atoms with E-state index < -0.39 is 0 Å². The van der Waals surface area contributed by atoms with E-state index in [4.69, 9.17) is 14.2 Å². The van der Waals surface area contributed by atoms with Crippen molar-refractivity contribution in [1.82, 2.24) is 10.3 Å². The van der Waals surface area contributed by atoms with Gasteiger partial charge in [-0.3, -0.25) is 0 Å². The molecule has 0 radical (unpaired) electrons. The van der Waals surface area contributed by atoms with Crippen molar-refractivity contribution in [3.05, 3.63) is 47.7 Å². The number of fused-ring (bicyclic) bond motifs is 1. The Morgan fingerprint density at radius 1 is 1.17 bits per heavy atom. The topological polar surface area (TPSA) is 52.6 Å². The maximum Gasteiger partial charge on any atom is 0.212 e. The fourth-order valence-electron chi connectivity index (χ4n) is 3.10. The number of methoxy groups -OCH3 is 1. The summed E-state index contributed by atoms with van der Waals surface area (Å²) in [7, 11) is 1.63. The summed E-state index contributed by atoms with van der Waals surface area (Å²) in [4.78, 5) is 4.27. The van der Waals surface area contributed by atoms with Crippen molar-refractivity contribution in [3.63, 3.8) is 0 Å². The number of hydrogen-bond donors (Lipinski definition) is 1. The summed E-state index contributed by atoms with van der Waals surface area (Å²) < 4.78 is 16.5. The summed E-state index contributed by atoms with van der Waals surface area (Å²) in [5, 5.41) is 3.68. The first-order chi connectivity index (χ1) is 11.8. The molecular formula is C19H22N2O3. The van der Waals surface area contributed by atoms with E-state index >= 15 is 0 Å². The Morgan fingerprint density at radius 2 is 2.00 bits per heavy atom. The number of rotatable bonds is 6. The molecule has 1 N–H and O–H groups in total. The number of pyridine rings is 1. The molecule has 0 unspecified atom stereocenters. The predicted octanol–water partition coefficient (Wildman–Crippen LogP) is 3.10. The minimum atomic E-state index is 0.336. The minimum Gasteiger partial charge on any atom is -0.486 e. The molecule has 0 spiro atoms. The lowest BCUT2D eigenvalue weighted by Crippen LogP contribution is -2.23. The van der Waals surface area contributed by atoms with E-state index in [1.54, 1.807) is 7.11 Å². The second-order valence-corrected chi connectivity index (χ2v) is 6.31. The van der Waals surface area contributed by atoms with Crippen molar-refractivity contribution in [1.29, 1.82) is 0 Å². The molecule has 2 aliphatic rings. The smallest absolute Gasteiger partial charge is 0.212 e. The van der Waals surface area contributed by atoms with Gasteiger partial charge in [-0.05, 0) is 42.0 Å². The van der Waals surface area contributed by atoms with Crippen LogP contribution >= 0.6 is 0 Å². The first kappa shape index (κ1) is 15.3. The normalized spacial score (nSPS) is 17.4. The van der Waals surface area contributed by atoms with Gasteiger partial charge in [0.2, 0.25) is 5.88 Å². The van der Waals surface area contributed by atoms with E-state index in [2.05, 4.69) is 22.4 Å². The highest BCUT2D eigenvalue weighted by atomic mass is 16.6. The molecule has 5 nitrogen and oxygen atoms in total. The van der Waals surface area contributed by atoms with Crippen LogP contribution in [0, 0.1) is 5.92 Å². The van der Waals surface area contributed by atoms with Crippen LogP contribution in [0.1, 0.15) is 30.0 Å². The lowest BCUT2D eigenvalue weighted by molar-refractivity contribution is 0.171. The Hall–Kier alpha value is -2.27. The molecule has 1 aromatic heterocycles. The molecule has 1 aromatic carbocycles. The fraction of sp³-hybridized carbons (Fsp3) is 0.421. The highest BCUT2D eigenvalue weighted by molar-refractivity contribution is 5.45. The zero-order valence-corrected chi connectivity index (χ0v) is 13.8. The van der Waals surface area contributed by atoms with Crippen LogP contribution in [0.5, 0.6) is 17.4 Å². The van der Waals surface area contributed by atoms with Crippen LogP contribution in [0.3, 0.4) is 0 Å². The zero-order chi connectivity index (χ0) is 16.4. The van der Waals surface area contributed by atoms with Crippen molar-refractivity contribution >= 4 is 0 Å². The van der Waals surface area contributed by atoms with Gasteiger partial charge in [-0.15, -0.1) is 0 Å². The SMILES string of the molecule is COc1ccc(CN[C@@H](c2ccc3c(c2)OCCO3)C2CC2)cn1. The fourth-order valence-corrected chi connectivity index (χ4v) is 3.10. The Morgan fingerprint density at radius 3 is 2.71 bits per heavy atom. The Bertz CT molecular complexity index is 698. The van der Waals surface area contributed by atoms with Crippen molar-refractivity contribution in [2.45, 2.75) is 25.4 Å². The van der Waals surface area contributed by atoms with E-state index in [1.165, 1.54) is 18.4 Å². The Kier molecular flexibility index (Phi) is 4.26. The molecule has 2 heterocycles. The number of nitrogens with zero attached hydrogens (tertiary/aromatic N) is 1. The lowest BCUT2D eigenvalue weighted by atomic mass is 10.0. The van der Waals surface area contributed by atoms with Crippen LogP contribution in [0.4, 0.5) is 0 Å². The van der Waals surface area contributed by atoms with Crippen LogP contribution in [0.15, 0.2) is 36.5 Å². The van der Waals surface area contributed by atoms with E-state index in [-0.39, 0.29) is 0 Å². The molecule has 1 fully saturated rings.